The monoisotopic (exact) mass is 371 g/mol. The number of methoxy groups -OCH3 is 1. The second kappa shape index (κ2) is 6.38. The highest BCUT2D eigenvalue weighted by atomic mass is 16.5. The van der Waals surface area contributed by atoms with Crippen molar-refractivity contribution in [1.82, 2.24) is 4.90 Å². The van der Waals surface area contributed by atoms with Gasteiger partial charge in [0, 0.05) is 23.6 Å². The standard InChI is InChI=1S/C23H33NO3/c1-3-15-10-20(27-2)22(26)21-17(15)11-19-18-7-6-16(25)12-23(18,21)8-9-24(19)13-14-4-5-14/h10,14,16,18-19,25-26H,3-9,11-13H2,1-2H3/t16-,18-,19+,23-/m0/s1. The molecule has 0 spiro atoms. The molecule has 5 rings (SSSR count). The predicted octanol–water partition coefficient (Wildman–Crippen LogP) is 3.40. The number of benzene rings is 1. The van der Waals surface area contributed by atoms with E-state index in [1.54, 1.807) is 7.11 Å². The molecular formula is C23H33NO3. The maximum Gasteiger partial charge on any atom is 0.161 e. The molecule has 3 aliphatic carbocycles. The van der Waals surface area contributed by atoms with Crippen LogP contribution in [-0.4, -0.2) is 47.5 Å². The molecule has 4 atom stereocenters. The predicted molar refractivity (Wildman–Crippen MR) is 105 cm³/mol. The van der Waals surface area contributed by atoms with E-state index in [1.165, 1.54) is 30.5 Å². The van der Waals surface area contributed by atoms with Crippen molar-refractivity contribution in [2.45, 2.75) is 75.9 Å². The summed E-state index contributed by atoms with van der Waals surface area (Å²) in [5.74, 6) is 2.40. The number of aromatic hydroxyl groups is 1. The number of aryl methyl sites for hydroxylation is 1. The molecule has 3 fully saturated rings. The zero-order chi connectivity index (χ0) is 18.8. The smallest absolute Gasteiger partial charge is 0.161 e. The Morgan fingerprint density at radius 3 is 2.78 bits per heavy atom. The zero-order valence-corrected chi connectivity index (χ0v) is 16.7. The summed E-state index contributed by atoms with van der Waals surface area (Å²) < 4.78 is 5.55. The number of hydrogen-bond donors (Lipinski definition) is 2. The second-order valence-electron chi connectivity index (χ2n) is 9.45. The number of aliphatic hydroxyl groups excluding tert-OH is 1. The van der Waals surface area contributed by atoms with Crippen molar-refractivity contribution in [1.29, 1.82) is 0 Å². The van der Waals surface area contributed by atoms with Gasteiger partial charge in [-0.2, -0.15) is 0 Å². The lowest BCUT2D eigenvalue weighted by atomic mass is 9.51. The van der Waals surface area contributed by atoms with Gasteiger partial charge in [-0.1, -0.05) is 6.92 Å². The molecule has 4 heteroatoms. The first-order valence-electron chi connectivity index (χ1n) is 10.9. The molecule has 1 heterocycles. The highest BCUT2D eigenvalue weighted by molar-refractivity contribution is 5.59. The Morgan fingerprint density at radius 1 is 1.26 bits per heavy atom. The molecule has 0 amide bonds. The Kier molecular flexibility index (Phi) is 4.21. The number of likely N-dealkylation sites (tertiary alicyclic amines) is 1. The fourth-order valence-corrected chi connectivity index (χ4v) is 6.67. The Hall–Kier alpha value is -1.26. The van der Waals surface area contributed by atoms with Gasteiger partial charge in [-0.3, -0.25) is 4.90 Å². The van der Waals surface area contributed by atoms with E-state index in [0.29, 0.717) is 23.5 Å². The molecule has 0 radical (unpaired) electrons. The van der Waals surface area contributed by atoms with Crippen LogP contribution >= 0.6 is 0 Å². The lowest BCUT2D eigenvalue weighted by Crippen LogP contribution is -2.62. The highest BCUT2D eigenvalue weighted by Crippen LogP contribution is 2.60. The van der Waals surface area contributed by atoms with E-state index in [1.807, 2.05) is 6.07 Å². The van der Waals surface area contributed by atoms with Crippen molar-refractivity contribution < 1.29 is 14.9 Å². The molecule has 4 aliphatic rings. The van der Waals surface area contributed by atoms with Crippen LogP contribution in [0.1, 0.15) is 62.1 Å². The maximum absolute atomic E-state index is 11.2. The van der Waals surface area contributed by atoms with Crippen LogP contribution in [0.4, 0.5) is 0 Å². The fraction of sp³-hybridized carbons (Fsp3) is 0.739. The molecule has 0 unspecified atom stereocenters. The fourth-order valence-electron chi connectivity index (χ4n) is 6.67. The molecule has 1 aromatic rings. The van der Waals surface area contributed by atoms with Gasteiger partial charge in [0.25, 0.3) is 0 Å². The van der Waals surface area contributed by atoms with E-state index in [4.69, 9.17) is 4.74 Å². The van der Waals surface area contributed by atoms with Gasteiger partial charge in [0.05, 0.1) is 13.2 Å². The Labute approximate surface area is 162 Å². The van der Waals surface area contributed by atoms with Crippen LogP contribution in [0, 0.1) is 11.8 Å². The number of phenolic OH excluding ortho intramolecular Hbond substituents is 1. The third-order valence-electron chi connectivity index (χ3n) is 8.07. The minimum atomic E-state index is -0.251. The summed E-state index contributed by atoms with van der Waals surface area (Å²) in [5.41, 5.74) is 3.71. The SMILES string of the molecule is CCc1cc(OC)c(O)c2c1C[C@@H]1[C@@H]3CC[C@H](O)C[C@]23CCN1CC1CC1. The molecule has 0 aromatic heterocycles. The number of phenols is 1. The number of aliphatic hydroxyl groups is 1. The van der Waals surface area contributed by atoms with Gasteiger partial charge < -0.3 is 14.9 Å². The van der Waals surface area contributed by atoms with Gasteiger partial charge in [0.15, 0.2) is 11.5 Å². The first-order valence-corrected chi connectivity index (χ1v) is 10.9. The molecule has 27 heavy (non-hydrogen) atoms. The van der Waals surface area contributed by atoms with Gasteiger partial charge in [0.2, 0.25) is 0 Å². The molecule has 1 aliphatic heterocycles. The van der Waals surface area contributed by atoms with Crippen LogP contribution in [0.5, 0.6) is 11.5 Å². The highest BCUT2D eigenvalue weighted by Gasteiger charge is 2.57. The summed E-state index contributed by atoms with van der Waals surface area (Å²) in [5, 5.41) is 21.8. The number of hydrogen-bond acceptors (Lipinski definition) is 4. The molecule has 2 bridgehead atoms. The van der Waals surface area contributed by atoms with E-state index >= 15 is 0 Å². The number of nitrogens with zero attached hydrogens (tertiary/aromatic N) is 1. The molecule has 2 saturated carbocycles. The van der Waals surface area contributed by atoms with E-state index < -0.39 is 0 Å². The summed E-state index contributed by atoms with van der Waals surface area (Å²) in [6.45, 7) is 4.55. The minimum absolute atomic E-state index is 0.0848. The van der Waals surface area contributed by atoms with E-state index in [-0.39, 0.29) is 11.5 Å². The molecule has 148 valence electrons. The summed E-state index contributed by atoms with van der Waals surface area (Å²) in [6.07, 6.45) is 8.36. The Bertz CT molecular complexity index is 744. The van der Waals surface area contributed by atoms with Crippen LogP contribution in [-0.2, 0) is 18.3 Å². The minimum Gasteiger partial charge on any atom is -0.504 e. The number of piperidine rings is 1. The normalized spacial score (nSPS) is 35.4. The van der Waals surface area contributed by atoms with E-state index in [9.17, 15) is 10.2 Å². The van der Waals surface area contributed by atoms with Crippen LogP contribution in [0.25, 0.3) is 0 Å². The van der Waals surface area contributed by atoms with Crippen LogP contribution < -0.4 is 4.74 Å². The average Bonchev–Trinajstić information content (AvgIpc) is 3.47. The summed E-state index contributed by atoms with van der Waals surface area (Å²) >= 11 is 0. The molecule has 2 N–H and O–H groups in total. The first-order chi connectivity index (χ1) is 13.1. The van der Waals surface area contributed by atoms with Crippen LogP contribution in [0.15, 0.2) is 6.07 Å². The first kappa shape index (κ1) is 17.8. The topological polar surface area (TPSA) is 52.9 Å². The maximum atomic E-state index is 11.2. The van der Waals surface area contributed by atoms with Crippen molar-refractivity contribution in [2.75, 3.05) is 20.2 Å². The zero-order valence-electron chi connectivity index (χ0n) is 16.7. The number of rotatable bonds is 4. The van der Waals surface area contributed by atoms with Crippen LogP contribution in [0.3, 0.4) is 0 Å². The van der Waals surface area contributed by atoms with Gasteiger partial charge in [-0.25, -0.2) is 0 Å². The van der Waals surface area contributed by atoms with Crippen molar-refractivity contribution >= 4 is 0 Å². The van der Waals surface area contributed by atoms with Gasteiger partial charge in [-0.15, -0.1) is 0 Å². The molecule has 4 nitrogen and oxygen atoms in total. The van der Waals surface area contributed by atoms with Crippen molar-refractivity contribution in [3.8, 4) is 11.5 Å². The van der Waals surface area contributed by atoms with E-state index in [0.717, 1.165) is 56.6 Å². The second-order valence-corrected chi connectivity index (χ2v) is 9.45. The van der Waals surface area contributed by atoms with Crippen molar-refractivity contribution in [3.05, 3.63) is 22.8 Å². The summed E-state index contributed by atoms with van der Waals surface area (Å²) in [6, 6.07) is 2.61. The molecule has 1 aromatic carbocycles. The number of ether oxygens (including phenoxy) is 1. The van der Waals surface area contributed by atoms with Gasteiger partial charge in [0.1, 0.15) is 0 Å². The summed E-state index contributed by atoms with van der Waals surface area (Å²) in [4.78, 5) is 2.77. The van der Waals surface area contributed by atoms with Crippen molar-refractivity contribution in [2.24, 2.45) is 11.8 Å². The lowest BCUT2D eigenvalue weighted by molar-refractivity contribution is -0.0505. The number of fused-ring (bicyclic) bond motifs is 1. The third-order valence-corrected chi connectivity index (χ3v) is 8.07. The largest absolute Gasteiger partial charge is 0.504 e. The third kappa shape index (κ3) is 2.63. The van der Waals surface area contributed by atoms with E-state index in [2.05, 4.69) is 11.8 Å². The van der Waals surface area contributed by atoms with Crippen LogP contribution in [0.2, 0.25) is 0 Å². The quantitative estimate of drug-likeness (QED) is 0.852. The van der Waals surface area contributed by atoms with Gasteiger partial charge >= 0.3 is 0 Å². The Balaban J connectivity index is 1.67. The summed E-state index contributed by atoms with van der Waals surface area (Å²) in [7, 11) is 1.65. The van der Waals surface area contributed by atoms with Gasteiger partial charge in [-0.05, 0) is 86.9 Å². The molecular weight excluding hydrogens is 338 g/mol. The van der Waals surface area contributed by atoms with Crippen molar-refractivity contribution in [3.63, 3.8) is 0 Å². The average molecular weight is 372 g/mol. The lowest BCUT2D eigenvalue weighted by Gasteiger charge is -2.60. The Morgan fingerprint density at radius 2 is 2.07 bits per heavy atom. The molecule has 1 saturated heterocycles.